The molecule has 0 aliphatic carbocycles. The molecular formula is C13H13NaO4. The summed E-state index contributed by atoms with van der Waals surface area (Å²) in [6.45, 7) is 3.59. The largest absolute Gasteiger partial charge is 1.00 e. The molecule has 0 saturated heterocycles. The van der Waals surface area contributed by atoms with Crippen LogP contribution in [-0.2, 0) is 9.53 Å². The van der Waals surface area contributed by atoms with Crippen LogP contribution in [0, 0.1) is 6.92 Å². The first-order chi connectivity index (χ1) is 8.04. The van der Waals surface area contributed by atoms with E-state index in [4.69, 9.17) is 0 Å². The van der Waals surface area contributed by atoms with E-state index in [-0.39, 0.29) is 36.2 Å². The molecule has 0 spiro atoms. The molecule has 0 radical (unpaired) electrons. The molecule has 0 amide bonds. The van der Waals surface area contributed by atoms with Gasteiger partial charge in [-0.1, -0.05) is 29.8 Å². The first-order valence-electron chi connectivity index (χ1n) is 5.21. The van der Waals surface area contributed by atoms with Crippen LogP contribution in [0.4, 0.5) is 0 Å². The Morgan fingerprint density at radius 3 is 2.33 bits per heavy atom. The van der Waals surface area contributed by atoms with Gasteiger partial charge in [-0.05, 0) is 25.7 Å². The first-order valence-corrected chi connectivity index (χ1v) is 5.21. The molecule has 0 fully saturated rings. The monoisotopic (exact) mass is 256 g/mol. The van der Waals surface area contributed by atoms with Crippen molar-refractivity contribution in [3.63, 3.8) is 0 Å². The van der Waals surface area contributed by atoms with Gasteiger partial charge >= 0.3 is 35.5 Å². The number of hydrogen-bond acceptors (Lipinski definition) is 4. The van der Waals surface area contributed by atoms with Crippen LogP contribution in [-0.4, -0.2) is 18.4 Å². The van der Waals surface area contributed by atoms with Crippen LogP contribution in [0.5, 0.6) is 0 Å². The number of esters is 1. The third-order valence-corrected chi connectivity index (χ3v) is 2.07. The SMILES string of the molecule is CCOC(=O)/C([O-])=C/C(=O)c1ccc(C)cc1.[Na+]. The van der Waals surface area contributed by atoms with Crippen LogP contribution in [0.15, 0.2) is 36.1 Å². The van der Waals surface area contributed by atoms with Crippen molar-refractivity contribution < 1.29 is 49.0 Å². The molecule has 0 unspecified atom stereocenters. The molecule has 1 aromatic rings. The fraction of sp³-hybridized carbons (Fsp3) is 0.231. The summed E-state index contributed by atoms with van der Waals surface area (Å²) in [4.78, 5) is 22.6. The van der Waals surface area contributed by atoms with Gasteiger partial charge in [0.1, 0.15) is 0 Å². The van der Waals surface area contributed by atoms with E-state index in [0.717, 1.165) is 11.6 Å². The number of hydrogen-bond donors (Lipinski definition) is 0. The molecule has 0 N–H and O–H groups in total. The molecule has 0 aromatic heterocycles. The van der Waals surface area contributed by atoms with Crippen LogP contribution < -0.4 is 34.7 Å². The van der Waals surface area contributed by atoms with Crippen molar-refractivity contribution in [2.24, 2.45) is 0 Å². The number of ketones is 1. The summed E-state index contributed by atoms with van der Waals surface area (Å²) in [6, 6.07) is 6.73. The molecule has 0 bridgehead atoms. The first kappa shape index (κ1) is 16.9. The minimum atomic E-state index is -1.01. The predicted octanol–water partition coefficient (Wildman–Crippen LogP) is -2.01. The van der Waals surface area contributed by atoms with E-state index in [2.05, 4.69) is 4.74 Å². The van der Waals surface area contributed by atoms with Crippen molar-refractivity contribution >= 4 is 11.8 Å². The number of rotatable bonds is 4. The van der Waals surface area contributed by atoms with E-state index in [1.54, 1.807) is 31.2 Å². The standard InChI is InChI=1S/C13H14O4.Na/c1-3-17-13(16)12(15)8-11(14)10-6-4-9(2)5-7-10;/h4-8,15H,3H2,1-2H3;/q;+1/p-1/b12-8-;. The molecule has 90 valence electrons. The molecule has 0 heterocycles. The van der Waals surface area contributed by atoms with Crippen molar-refractivity contribution in [1.82, 2.24) is 0 Å². The number of carbonyl (C=O) groups excluding carboxylic acids is 2. The Morgan fingerprint density at radius 1 is 1.28 bits per heavy atom. The van der Waals surface area contributed by atoms with Crippen molar-refractivity contribution in [3.05, 3.63) is 47.2 Å². The summed E-state index contributed by atoms with van der Waals surface area (Å²) in [5.74, 6) is -2.44. The van der Waals surface area contributed by atoms with Gasteiger partial charge in [-0.15, -0.1) is 0 Å². The minimum Gasteiger partial charge on any atom is -0.867 e. The van der Waals surface area contributed by atoms with E-state index >= 15 is 0 Å². The molecule has 18 heavy (non-hydrogen) atoms. The van der Waals surface area contributed by atoms with Crippen molar-refractivity contribution in [3.8, 4) is 0 Å². The van der Waals surface area contributed by atoms with Gasteiger partial charge in [0.05, 0.1) is 6.61 Å². The smallest absolute Gasteiger partial charge is 0.867 e. The van der Waals surface area contributed by atoms with Crippen LogP contribution in [0.25, 0.3) is 0 Å². The average Bonchev–Trinajstić information content (AvgIpc) is 2.30. The molecule has 4 nitrogen and oxygen atoms in total. The second-order valence-electron chi connectivity index (χ2n) is 3.46. The maximum atomic E-state index is 11.6. The van der Waals surface area contributed by atoms with Gasteiger partial charge in [-0.3, -0.25) is 4.79 Å². The van der Waals surface area contributed by atoms with Crippen LogP contribution in [0.1, 0.15) is 22.8 Å². The van der Waals surface area contributed by atoms with E-state index in [0.29, 0.717) is 5.56 Å². The Hall–Kier alpha value is -1.10. The van der Waals surface area contributed by atoms with Gasteiger partial charge in [0.25, 0.3) is 0 Å². The Labute approximate surface area is 128 Å². The zero-order valence-corrected chi connectivity index (χ0v) is 12.7. The average molecular weight is 256 g/mol. The maximum absolute atomic E-state index is 11.6. The Balaban J connectivity index is 0.00000289. The predicted molar refractivity (Wildman–Crippen MR) is 60.2 cm³/mol. The Bertz CT molecular complexity index is 449. The zero-order valence-electron chi connectivity index (χ0n) is 10.7. The second kappa shape index (κ2) is 8.08. The minimum absolute atomic E-state index is 0. The van der Waals surface area contributed by atoms with E-state index in [1.807, 2.05) is 6.92 Å². The van der Waals surface area contributed by atoms with Gasteiger partial charge in [-0.2, -0.15) is 0 Å². The van der Waals surface area contributed by atoms with Gasteiger partial charge in [0, 0.05) is 5.56 Å². The van der Waals surface area contributed by atoms with Crippen LogP contribution in [0.3, 0.4) is 0 Å². The fourth-order valence-electron chi connectivity index (χ4n) is 1.18. The van der Waals surface area contributed by atoms with Gasteiger partial charge in [0.2, 0.25) is 0 Å². The summed E-state index contributed by atoms with van der Waals surface area (Å²) in [7, 11) is 0. The van der Waals surface area contributed by atoms with Crippen LogP contribution >= 0.6 is 0 Å². The Morgan fingerprint density at radius 2 is 1.83 bits per heavy atom. The zero-order chi connectivity index (χ0) is 12.8. The topological polar surface area (TPSA) is 66.4 Å². The number of benzene rings is 1. The number of ether oxygens (including phenoxy) is 1. The number of aryl methyl sites for hydroxylation is 1. The molecule has 1 aromatic carbocycles. The normalized spacial score (nSPS) is 10.4. The Kier molecular flexibility index (Phi) is 7.59. The molecule has 5 heteroatoms. The third-order valence-electron chi connectivity index (χ3n) is 2.07. The molecule has 0 aliphatic rings. The summed E-state index contributed by atoms with van der Waals surface area (Å²) < 4.78 is 4.49. The molecule has 0 atom stereocenters. The van der Waals surface area contributed by atoms with E-state index in [1.165, 1.54) is 0 Å². The van der Waals surface area contributed by atoms with Crippen molar-refractivity contribution in [1.29, 1.82) is 0 Å². The summed E-state index contributed by atoms with van der Waals surface area (Å²) in [6.07, 6.45) is 0.753. The van der Waals surface area contributed by atoms with Crippen molar-refractivity contribution in [2.45, 2.75) is 13.8 Å². The van der Waals surface area contributed by atoms with Crippen LogP contribution in [0.2, 0.25) is 0 Å². The summed E-state index contributed by atoms with van der Waals surface area (Å²) in [5.41, 5.74) is 1.38. The molecule has 0 aliphatic heterocycles. The van der Waals surface area contributed by atoms with E-state index < -0.39 is 17.5 Å². The number of carbonyl (C=O) groups is 2. The van der Waals surface area contributed by atoms with Gasteiger partial charge in [0.15, 0.2) is 5.78 Å². The van der Waals surface area contributed by atoms with Gasteiger partial charge < -0.3 is 9.84 Å². The molecular weight excluding hydrogens is 243 g/mol. The molecule has 1 rings (SSSR count). The van der Waals surface area contributed by atoms with E-state index in [9.17, 15) is 14.7 Å². The summed E-state index contributed by atoms with van der Waals surface area (Å²) >= 11 is 0. The number of allylic oxidation sites excluding steroid dienone is 1. The maximum Gasteiger partial charge on any atom is 1.00 e. The molecule has 0 saturated carbocycles. The fourth-order valence-corrected chi connectivity index (χ4v) is 1.18. The second-order valence-corrected chi connectivity index (χ2v) is 3.46. The van der Waals surface area contributed by atoms with Crippen molar-refractivity contribution in [2.75, 3.05) is 6.61 Å². The third kappa shape index (κ3) is 5.04. The quantitative estimate of drug-likeness (QED) is 0.205. The van der Waals surface area contributed by atoms with Gasteiger partial charge in [-0.25, -0.2) is 4.79 Å². The summed E-state index contributed by atoms with van der Waals surface area (Å²) in [5, 5.41) is 11.2.